The maximum Gasteiger partial charge on any atom is 0.235 e. The summed E-state index contributed by atoms with van der Waals surface area (Å²) in [5, 5.41) is 0.863. The Bertz CT molecular complexity index is 1000. The maximum absolute atomic E-state index is 12.9. The second-order valence-electron chi connectivity index (χ2n) is 5.57. The molecule has 0 atom stereocenters. The Kier molecular flexibility index (Phi) is 5.05. The van der Waals surface area contributed by atoms with E-state index in [1.807, 2.05) is 43.3 Å². The Balaban J connectivity index is 2.21. The van der Waals surface area contributed by atoms with Crippen molar-refractivity contribution in [2.24, 2.45) is 0 Å². The highest BCUT2D eigenvalue weighted by molar-refractivity contribution is 6.31. The van der Waals surface area contributed by atoms with E-state index in [1.165, 1.54) is 0 Å². The summed E-state index contributed by atoms with van der Waals surface area (Å²) in [4.78, 5) is 12.9. The van der Waals surface area contributed by atoms with E-state index in [9.17, 15) is 4.79 Å². The van der Waals surface area contributed by atoms with E-state index in [0.717, 1.165) is 11.1 Å². The highest BCUT2D eigenvalue weighted by Gasteiger charge is 2.17. The van der Waals surface area contributed by atoms with Crippen LogP contribution in [-0.2, 0) is 0 Å². The summed E-state index contributed by atoms with van der Waals surface area (Å²) < 4.78 is 11.6. The highest BCUT2D eigenvalue weighted by Crippen LogP contribution is 2.29. The highest BCUT2D eigenvalue weighted by atomic mass is 35.5. The lowest BCUT2D eigenvalue weighted by Crippen LogP contribution is -2.11. The van der Waals surface area contributed by atoms with Crippen molar-refractivity contribution >= 4 is 34.2 Å². The van der Waals surface area contributed by atoms with Crippen molar-refractivity contribution < 1.29 is 9.15 Å². The first-order valence-corrected chi connectivity index (χ1v) is 8.21. The number of fused-ring (bicyclic) bond motifs is 1. The minimum atomic E-state index is -0.249. The molecule has 0 saturated carbocycles. The predicted molar refractivity (Wildman–Crippen MR) is 103 cm³/mol. The number of hydrogen-bond donors (Lipinski definition) is 0. The number of allylic oxidation sites excluding steroid dienone is 1. The first-order valence-electron chi connectivity index (χ1n) is 7.84. The fourth-order valence-corrected chi connectivity index (χ4v) is 2.72. The van der Waals surface area contributed by atoms with Crippen molar-refractivity contribution in [2.45, 2.75) is 6.92 Å². The summed E-state index contributed by atoms with van der Waals surface area (Å²) in [6.07, 6.45) is 3.53. The number of benzene rings is 2. The average Bonchev–Trinajstić information content (AvgIpc) is 2.62. The molecule has 126 valence electrons. The van der Waals surface area contributed by atoms with Gasteiger partial charge >= 0.3 is 0 Å². The summed E-state index contributed by atoms with van der Waals surface area (Å²) in [5.74, 6) is 0.574. The summed E-state index contributed by atoms with van der Waals surface area (Å²) >= 11 is 6.01. The van der Waals surface area contributed by atoms with E-state index in [-0.39, 0.29) is 17.8 Å². The zero-order chi connectivity index (χ0) is 17.8. The molecule has 0 saturated heterocycles. The van der Waals surface area contributed by atoms with Crippen LogP contribution >= 0.6 is 11.6 Å². The van der Waals surface area contributed by atoms with E-state index < -0.39 is 0 Å². The van der Waals surface area contributed by atoms with Crippen molar-refractivity contribution in [3.05, 3.63) is 87.8 Å². The Morgan fingerprint density at radius 1 is 1.24 bits per heavy atom. The lowest BCUT2D eigenvalue weighted by molar-refractivity contribution is 0.345. The van der Waals surface area contributed by atoms with Gasteiger partial charge in [-0.05, 0) is 42.3 Å². The molecule has 3 nitrogen and oxygen atoms in total. The van der Waals surface area contributed by atoms with Crippen molar-refractivity contribution in [3.63, 3.8) is 0 Å². The monoisotopic (exact) mass is 352 g/mol. The van der Waals surface area contributed by atoms with Crippen LogP contribution in [-0.4, -0.2) is 6.61 Å². The third-order valence-electron chi connectivity index (χ3n) is 3.70. The molecule has 0 unspecified atom stereocenters. The van der Waals surface area contributed by atoms with Crippen LogP contribution in [0.2, 0.25) is 5.02 Å². The van der Waals surface area contributed by atoms with Gasteiger partial charge in [-0.25, -0.2) is 0 Å². The third kappa shape index (κ3) is 3.67. The smallest absolute Gasteiger partial charge is 0.235 e. The van der Waals surface area contributed by atoms with Gasteiger partial charge in [0.2, 0.25) is 11.2 Å². The molecule has 0 spiro atoms. The number of ether oxygens (including phenoxy) is 1. The Hall–Kier alpha value is -2.78. The normalized spacial score (nSPS) is 11.5. The number of halogens is 1. The van der Waals surface area contributed by atoms with Gasteiger partial charge in [-0.2, -0.15) is 0 Å². The lowest BCUT2D eigenvalue weighted by atomic mass is 10.1. The molecular formula is C21H17ClO3. The van der Waals surface area contributed by atoms with E-state index in [1.54, 1.807) is 24.3 Å². The molecule has 1 heterocycles. The molecule has 4 heteroatoms. The molecular weight excluding hydrogens is 336 g/mol. The second kappa shape index (κ2) is 7.41. The fraction of sp³-hybridized carbons (Fsp3) is 0.0952. The van der Waals surface area contributed by atoms with E-state index >= 15 is 0 Å². The van der Waals surface area contributed by atoms with Crippen molar-refractivity contribution in [3.8, 4) is 5.75 Å². The molecule has 25 heavy (non-hydrogen) atoms. The van der Waals surface area contributed by atoms with Crippen molar-refractivity contribution in [1.82, 2.24) is 0 Å². The molecule has 0 aliphatic rings. The van der Waals surface area contributed by atoms with Crippen molar-refractivity contribution in [2.75, 3.05) is 6.61 Å². The van der Waals surface area contributed by atoms with Gasteiger partial charge in [-0.3, -0.25) is 4.79 Å². The molecule has 3 rings (SSSR count). The first kappa shape index (κ1) is 17.1. The fourth-order valence-electron chi connectivity index (χ4n) is 2.55. The summed E-state index contributed by atoms with van der Waals surface area (Å²) in [7, 11) is 0. The molecule has 0 aliphatic heterocycles. The summed E-state index contributed by atoms with van der Waals surface area (Å²) in [6, 6.07) is 14.8. The minimum absolute atomic E-state index is 0.166. The average molecular weight is 353 g/mol. The van der Waals surface area contributed by atoms with Crippen LogP contribution in [0.1, 0.15) is 18.2 Å². The lowest BCUT2D eigenvalue weighted by Gasteiger charge is -2.11. The molecule has 1 aromatic heterocycles. The zero-order valence-electron chi connectivity index (χ0n) is 13.8. The molecule has 0 bridgehead atoms. The van der Waals surface area contributed by atoms with Crippen molar-refractivity contribution in [1.29, 1.82) is 0 Å². The van der Waals surface area contributed by atoms with Gasteiger partial charge in [0.25, 0.3) is 0 Å². The van der Waals surface area contributed by atoms with Gasteiger partial charge in [0, 0.05) is 5.02 Å². The van der Waals surface area contributed by atoms with Crippen LogP contribution in [0.25, 0.3) is 22.6 Å². The third-order valence-corrected chi connectivity index (χ3v) is 3.93. The zero-order valence-corrected chi connectivity index (χ0v) is 14.5. The standard InChI is InChI=1S/C21H17ClO3/c1-3-11-24-21-19(23)17-13-16(22)9-10-18(17)25-20(21)14(2)12-15-7-5-4-6-8-15/h3-10,12-13H,1,11H2,2H3/b14-12+. The van der Waals surface area contributed by atoms with Crippen LogP contribution in [0.15, 0.2) is 70.4 Å². The molecule has 3 aromatic rings. The van der Waals surface area contributed by atoms with Gasteiger partial charge in [-0.1, -0.05) is 54.6 Å². The van der Waals surface area contributed by atoms with Crippen LogP contribution < -0.4 is 10.2 Å². The Morgan fingerprint density at radius 2 is 2.00 bits per heavy atom. The number of hydrogen-bond acceptors (Lipinski definition) is 3. The van der Waals surface area contributed by atoms with Gasteiger partial charge in [0.1, 0.15) is 12.2 Å². The van der Waals surface area contributed by atoms with Gasteiger partial charge < -0.3 is 9.15 Å². The number of rotatable bonds is 5. The Morgan fingerprint density at radius 3 is 2.72 bits per heavy atom. The van der Waals surface area contributed by atoms with Crippen LogP contribution in [0.4, 0.5) is 0 Å². The largest absolute Gasteiger partial charge is 0.482 e. The summed E-state index contributed by atoms with van der Waals surface area (Å²) in [6.45, 7) is 5.72. The molecule has 0 radical (unpaired) electrons. The SMILES string of the molecule is C=CCOc1c(/C(C)=C/c2ccccc2)oc2ccc(Cl)cc2c1=O. The quantitative estimate of drug-likeness (QED) is 0.563. The van der Waals surface area contributed by atoms with Crippen LogP contribution in [0.5, 0.6) is 5.75 Å². The minimum Gasteiger partial charge on any atom is -0.482 e. The predicted octanol–water partition coefficient (Wildman–Crippen LogP) is 5.57. The molecule has 0 amide bonds. The van der Waals surface area contributed by atoms with E-state index in [2.05, 4.69) is 6.58 Å². The Labute approximate surface area is 150 Å². The van der Waals surface area contributed by atoms with E-state index in [4.69, 9.17) is 20.8 Å². The van der Waals surface area contributed by atoms with Gasteiger partial charge in [-0.15, -0.1) is 0 Å². The maximum atomic E-state index is 12.9. The molecule has 2 aromatic carbocycles. The van der Waals surface area contributed by atoms with Gasteiger partial charge in [0.15, 0.2) is 5.76 Å². The molecule has 0 fully saturated rings. The summed E-state index contributed by atoms with van der Waals surface area (Å²) in [5.41, 5.74) is 2.02. The molecule has 0 N–H and O–H groups in total. The topological polar surface area (TPSA) is 39.4 Å². The van der Waals surface area contributed by atoms with Crippen LogP contribution in [0.3, 0.4) is 0 Å². The van der Waals surface area contributed by atoms with Crippen LogP contribution in [0, 0.1) is 0 Å². The molecule has 0 aliphatic carbocycles. The van der Waals surface area contributed by atoms with E-state index in [0.29, 0.717) is 21.8 Å². The van der Waals surface area contributed by atoms with Gasteiger partial charge in [0.05, 0.1) is 5.39 Å². The first-order chi connectivity index (χ1) is 12.1. The second-order valence-corrected chi connectivity index (χ2v) is 6.00.